The van der Waals surface area contributed by atoms with Crippen molar-refractivity contribution in [3.63, 3.8) is 0 Å². The molecule has 0 radical (unpaired) electrons. The summed E-state index contributed by atoms with van der Waals surface area (Å²) in [7, 11) is 1.55. The molecule has 6 heteroatoms. The normalized spacial score (nSPS) is 11.6. The van der Waals surface area contributed by atoms with Crippen LogP contribution in [0.2, 0.25) is 0 Å². The Balaban J connectivity index is 2.13. The number of methoxy groups -OCH3 is 1. The predicted octanol–water partition coefficient (Wildman–Crippen LogP) is 3.80. The highest BCUT2D eigenvalue weighted by molar-refractivity contribution is 6.01. The third kappa shape index (κ3) is 5.49. The maximum absolute atomic E-state index is 12.8. The van der Waals surface area contributed by atoms with Crippen molar-refractivity contribution in [2.24, 2.45) is 5.92 Å². The van der Waals surface area contributed by atoms with Crippen LogP contribution in [0.1, 0.15) is 36.7 Å². The topological polar surface area (TPSA) is 76.7 Å². The molecule has 2 N–H and O–H groups in total. The highest BCUT2D eigenvalue weighted by Crippen LogP contribution is 2.25. The Morgan fingerprint density at radius 2 is 1.75 bits per heavy atom. The van der Waals surface area contributed by atoms with Gasteiger partial charge in [0.15, 0.2) is 0 Å². The van der Waals surface area contributed by atoms with Crippen molar-refractivity contribution in [2.75, 3.05) is 19.0 Å². The standard InChI is InChI=1S/C22H28N2O4/c1-6-28-17-10-8-16(9-11-17)21(25)24-20(14(2)3)22(26)23-18-13-15(4)7-12-19(18)27-5/h7-14,20H,6H2,1-5H3,(H,23,26)(H,24,25). The highest BCUT2D eigenvalue weighted by atomic mass is 16.5. The Labute approximate surface area is 166 Å². The maximum Gasteiger partial charge on any atom is 0.251 e. The van der Waals surface area contributed by atoms with Gasteiger partial charge in [-0.1, -0.05) is 19.9 Å². The van der Waals surface area contributed by atoms with E-state index in [9.17, 15) is 9.59 Å². The minimum atomic E-state index is -0.690. The van der Waals surface area contributed by atoms with Crippen molar-refractivity contribution < 1.29 is 19.1 Å². The van der Waals surface area contributed by atoms with E-state index in [1.165, 1.54) is 0 Å². The molecule has 6 nitrogen and oxygen atoms in total. The molecule has 2 aromatic carbocycles. The zero-order valence-electron chi connectivity index (χ0n) is 17.0. The molecule has 0 aromatic heterocycles. The zero-order valence-corrected chi connectivity index (χ0v) is 17.0. The lowest BCUT2D eigenvalue weighted by Crippen LogP contribution is -2.47. The van der Waals surface area contributed by atoms with E-state index in [2.05, 4.69) is 10.6 Å². The van der Waals surface area contributed by atoms with Crippen molar-refractivity contribution in [1.29, 1.82) is 0 Å². The van der Waals surface area contributed by atoms with E-state index in [0.29, 0.717) is 29.4 Å². The molecule has 1 atom stereocenters. The molecule has 0 aliphatic rings. The summed E-state index contributed by atoms with van der Waals surface area (Å²) in [6.45, 7) is 8.16. The summed E-state index contributed by atoms with van der Waals surface area (Å²) in [4.78, 5) is 25.4. The zero-order chi connectivity index (χ0) is 20.7. The van der Waals surface area contributed by atoms with E-state index in [1.807, 2.05) is 39.8 Å². The molecule has 150 valence electrons. The third-order valence-corrected chi connectivity index (χ3v) is 4.28. The fraction of sp³-hybridized carbons (Fsp3) is 0.364. The second kappa shape index (κ2) is 9.78. The minimum Gasteiger partial charge on any atom is -0.495 e. The number of carbonyl (C=O) groups excluding carboxylic acids is 2. The summed E-state index contributed by atoms with van der Waals surface area (Å²) in [5, 5.41) is 5.69. The van der Waals surface area contributed by atoms with E-state index in [1.54, 1.807) is 37.4 Å². The monoisotopic (exact) mass is 384 g/mol. The Kier molecular flexibility index (Phi) is 7.44. The van der Waals surface area contributed by atoms with E-state index < -0.39 is 6.04 Å². The summed E-state index contributed by atoms with van der Waals surface area (Å²) in [6.07, 6.45) is 0. The Bertz CT molecular complexity index is 816. The van der Waals surface area contributed by atoms with Gasteiger partial charge in [-0.2, -0.15) is 0 Å². The lowest BCUT2D eigenvalue weighted by atomic mass is 10.0. The summed E-state index contributed by atoms with van der Waals surface area (Å²) >= 11 is 0. The fourth-order valence-electron chi connectivity index (χ4n) is 2.76. The predicted molar refractivity (Wildman–Crippen MR) is 110 cm³/mol. The van der Waals surface area contributed by atoms with Gasteiger partial charge in [0.05, 0.1) is 19.4 Å². The van der Waals surface area contributed by atoms with E-state index in [-0.39, 0.29) is 17.7 Å². The molecule has 28 heavy (non-hydrogen) atoms. The Morgan fingerprint density at radius 1 is 1.07 bits per heavy atom. The molecule has 0 saturated heterocycles. The molecule has 2 rings (SSSR count). The highest BCUT2D eigenvalue weighted by Gasteiger charge is 2.25. The molecule has 0 fully saturated rings. The number of carbonyl (C=O) groups is 2. The molecule has 0 aliphatic heterocycles. The lowest BCUT2D eigenvalue weighted by molar-refractivity contribution is -0.118. The molecular weight excluding hydrogens is 356 g/mol. The molecule has 0 heterocycles. The van der Waals surface area contributed by atoms with Crippen LogP contribution in [0.25, 0.3) is 0 Å². The molecular formula is C22H28N2O4. The number of amides is 2. The van der Waals surface area contributed by atoms with Gasteiger partial charge in [-0.15, -0.1) is 0 Å². The van der Waals surface area contributed by atoms with Gasteiger partial charge in [0.25, 0.3) is 5.91 Å². The minimum absolute atomic E-state index is 0.0950. The van der Waals surface area contributed by atoms with Crippen molar-refractivity contribution in [3.8, 4) is 11.5 Å². The summed E-state index contributed by atoms with van der Waals surface area (Å²) in [5.74, 6) is 0.566. The van der Waals surface area contributed by atoms with Gasteiger partial charge in [-0.05, 0) is 61.7 Å². The maximum atomic E-state index is 12.8. The van der Waals surface area contributed by atoms with Gasteiger partial charge in [0, 0.05) is 5.56 Å². The van der Waals surface area contributed by atoms with Crippen molar-refractivity contribution in [2.45, 2.75) is 33.7 Å². The van der Waals surface area contributed by atoms with E-state index >= 15 is 0 Å². The number of nitrogens with one attached hydrogen (secondary N) is 2. The number of aryl methyl sites for hydroxylation is 1. The number of benzene rings is 2. The van der Waals surface area contributed by atoms with Crippen LogP contribution in [0.4, 0.5) is 5.69 Å². The molecule has 1 unspecified atom stereocenters. The van der Waals surface area contributed by atoms with Crippen LogP contribution in [0.5, 0.6) is 11.5 Å². The lowest BCUT2D eigenvalue weighted by Gasteiger charge is -2.22. The van der Waals surface area contributed by atoms with Gasteiger partial charge in [0.2, 0.25) is 5.91 Å². The number of ether oxygens (including phenoxy) is 2. The van der Waals surface area contributed by atoms with Crippen LogP contribution in [0, 0.1) is 12.8 Å². The van der Waals surface area contributed by atoms with Crippen LogP contribution < -0.4 is 20.1 Å². The Morgan fingerprint density at radius 3 is 2.32 bits per heavy atom. The van der Waals surface area contributed by atoms with Crippen molar-refractivity contribution in [3.05, 3.63) is 53.6 Å². The van der Waals surface area contributed by atoms with E-state index in [0.717, 1.165) is 5.56 Å². The van der Waals surface area contributed by atoms with Crippen LogP contribution in [0.3, 0.4) is 0 Å². The number of rotatable bonds is 8. The van der Waals surface area contributed by atoms with Gasteiger partial charge < -0.3 is 20.1 Å². The first-order valence-corrected chi connectivity index (χ1v) is 9.35. The third-order valence-electron chi connectivity index (χ3n) is 4.28. The number of hydrogen-bond acceptors (Lipinski definition) is 4. The van der Waals surface area contributed by atoms with Gasteiger partial charge >= 0.3 is 0 Å². The fourth-order valence-corrected chi connectivity index (χ4v) is 2.76. The first-order chi connectivity index (χ1) is 13.3. The van der Waals surface area contributed by atoms with Crippen molar-refractivity contribution >= 4 is 17.5 Å². The van der Waals surface area contributed by atoms with Gasteiger partial charge in [-0.3, -0.25) is 9.59 Å². The van der Waals surface area contributed by atoms with Crippen LogP contribution in [-0.2, 0) is 4.79 Å². The quantitative estimate of drug-likeness (QED) is 0.726. The van der Waals surface area contributed by atoms with Crippen LogP contribution in [0.15, 0.2) is 42.5 Å². The SMILES string of the molecule is CCOc1ccc(C(=O)NC(C(=O)Nc2cc(C)ccc2OC)C(C)C)cc1. The smallest absolute Gasteiger partial charge is 0.251 e. The summed E-state index contributed by atoms with van der Waals surface area (Å²) in [6, 6.07) is 11.7. The first-order valence-electron chi connectivity index (χ1n) is 9.35. The molecule has 0 saturated carbocycles. The number of hydrogen-bond donors (Lipinski definition) is 2. The summed E-state index contributed by atoms with van der Waals surface area (Å²) < 4.78 is 10.7. The molecule has 0 aliphatic carbocycles. The first kappa shape index (κ1) is 21.3. The second-order valence-electron chi connectivity index (χ2n) is 6.85. The molecule has 2 aromatic rings. The molecule has 0 bridgehead atoms. The molecule has 0 spiro atoms. The largest absolute Gasteiger partial charge is 0.495 e. The Hall–Kier alpha value is -3.02. The molecule has 2 amide bonds. The van der Waals surface area contributed by atoms with Crippen LogP contribution in [-0.4, -0.2) is 31.6 Å². The van der Waals surface area contributed by atoms with Crippen LogP contribution >= 0.6 is 0 Å². The average Bonchev–Trinajstić information content (AvgIpc) is 2.66. The summed E-state index contributed by atoms with van der Waals surface area (Å²) in [5.41, 5.74) is 2.04. The van der Waals surface area contributed by atoms with E-state index in [4.69, 9.17) is 9.47 Å². The number of anilines is 1. The van der Waals surface area contributed by atoms with Gasteiger partial charge in [0.1, 0.15) is 17.5 Å². The average molecular weight is 384 g/mol. The van der Waals surface area contributed by atoms with Crippen molar-refractivity contribution in [1.82, 2.24) is 5.32 Å². The van der Waals surface area contributed by atoms with Gasteiger partial charge in [-0.25, -0.2) is 0 Å². The second-order valence-corrected chi connectivity index (χ2v) is 6.85.